The SMILES string of the molecule is Cc1c(C(=O)Nc2ccc(-n3cccn3)nc2)oc2c(Cl)cccc12. The van der Waals surface area contributed by atoms with E-state index in [9.17, 15) is 4.79 Å². The fourth-order valence-corrected chi connectivity index (χ4v) is 2.83. The van der Waals surface area contributed by atoms with Crippen LogP contribution in [0.4, 0.5) is 5.69 Å². The molecule has 0 aliphatic rings. The van der Waals surface area contributed by atoms with Crippen LogP contribution in [-0.4, -0.2) is 20.7 Å². The van der Waals surface area contributed by atoms with Crippen molar-refractivity contribution >= 4 is 34.2 Å². The van der Waals surface area contributed by atoms with Gasteiger partial charge >= 0.3 is 0 Å². The lowest BCUT2D eigenvalue weighted by molar-refractivity contribution is 0.0998. The van der Waals surface area contributed by atoms with E-state index in [-0.39, 0.29) is 11.7 Å². The highest BCUT2D eigenvalue weighted by molar-refractivity contribution is 6.35. The number of para-hydroxylation sites is 1. The first-order valence-electron chi connectivity index (χ1n) is 7.58. The lowest BCUT2D eigenvalue weighted by Crippen LogP contribution is -2.12. The summed E-state index contributed by atoms with van der Waals surface area (Å²) in [4.78, 5) is 16.8. The number of aromatic nitrogens is 3. The van der Waals surface area contributed by atoms with E-state index in [1.165, 1.54) is 0 Å². The van der Waals surface area contributed by atoms with Gasteiger partial charge in [0, 0.05) is 23.3 Å². The molecule has 6 nitrogen and oxygen atoms in total. The molecule has 0 aliphatic carbocycles. The standard InChI is InChI=1S/C18H13ClN4O2/c1-11-13-4-2-5-14(19)17(13)25-16(11)18(24)22-12-6-7-15(20-10-12)23-9-3-8-21-23/h2-10H,1H3,(H,22,24). The Morgan fingerprint density at radius 2 is 2.12 bits per heavy atom. The quantitative estimate of drug-likeness (QED) is 0.599. The van der Waals surface area contributed by atoms with Gasteiger partial charge in [-0.1, -0.05) is 23.7 Å². The van der Waals surface area contributed by atoms with E-state index in [1.54, 1.807) is 41.5 Å². The number of nitrogens with zero attached hydrogens (tertiary/aromatic N) is 3. The Balaban J connectivity index is 1.60. The van der Waals surface area contributed by atoms with E-state index in [2.05, 4.69) is 15.4 Å². The van der Waals surface area contributed by atoms with Crippen LogP contribution in [-0.2, 0) is 0 Å². The number of carbonyl (C=O) groups excluding carboxylic acids is 1. The summed E-state index contributed by atoms with van der Waals surface area (Å²) in [7, 11) is 0. The maximum Gasteiger partial charge on any atom is 0.291 e. The van der Waals surface area contributed by atoms with E-state index in [4.69, 9.17) is 16.0 Å². The molecule has 3 heterocycles. The van der Waals surface area contributed by atoms with E-state index >= 15 is 0 Å². The molecule has 0 radical (unpaired) electrons. The van der Waals surface area contributed by atoms with Crippen molar-refractivity contribution in [1.82, 2.24) is 14.8 Å². The molecule has 1 N–H and O–H groups in total. The third-order valence-corrected chi connectivity index (χ3v) is 4.16. The molecule has 124 valence electrons. The van der Waals surface area contributed by atoms with Crippen LogP contribution in [0, 0.1) is 6.92 Å². The molecule has 0 saturated heterocycles. The molecule has 7 heteroatoms. The number of aryl methyl sites for hydroxylation is 1. The van der Waals surface area contributed by atoms with Crippen molar-refractivity contribution in [3.8, 4) is 5.82 Å². The third kappa shape index (κ3) is 2.77. The van der Waals surface area contributed by atoms with Crippen LogP contribution in [0.1, 0.15) is 16.1 Å². The van der Waals surface area contributed by atoms with Gasteiger partial charge in [-0.25, -0.2) is 9.67 Å². The maximum absolute atomic E-state index is 12.5. The monoisotopic (exact) mass is 352 g/mol. The second-order valence-corrected chi connectivity index (χ2v) is 5.89. The number of hydrogen-bond acceptors (Lipinski definition) is 4. The molecular weight excluding hydrogens is 340 g/mol. The molecule has 0 atom stereocenters. The normalized spacial score (nSPS) is 11.0. The fraction of sp³-hybridized carbons (Fsp3) is 0.0556. The van der Waals surface area contributed by atoms with Gasteiger partial charge in [-0.3, -0.25) is 4.79 Å². The number of nitrogens with one attached hydrogen (secondary N) is 1. The Morgan fingerprint density at radius 1 is 1.24 bits per heavy atom. The molecule has 25 heavy (non-hydrogen) atoms. The van der Waals surface area contributed by atoms with Crippen LogP contribution >= 0.6 is 11.6 Å². The molecule has 4 rings (SSSR count). The van der Waals surface area contributed by atoms with E-state index in [0.29, 0.717) is 22.1 Å². The predicted molar refractivity (Wildman–Crippen MR) is 95.3 cm³/mol. The number of amides is 1. The number of hydrogen-bond donors (Lipinski definition) is 1. The van der Waals surface area contributed by atoms with Crippen molar-refractivity contribution in [3.63, 3.8) is 0 Å². The molecule has 3 aromatic heterocycles. The average molecular weight is 353 g/mol. The van der Waals surface area contributed by atoms with Gasteiger partial charge in [-0.05, 0) is 31.2 Å². The van der Waals surface area contributed by atoms with Crippen LogP contribution in [0.5, 0.6) is 0 Å². The number of halogens is 1. The van der Waals surface area contributed by atoms with Gasteiger partial charge in [-0.15, -0.1) is 0 Å². The summed E-state index contributed by atoms with van der Waals surface area (Å²) in [6, 6.07) is 10.8. The van der Waals surface area contributed by atoms with Gasteiger partial charge in [-0.2, -0.15) is 5.10 Å². The van der Waals surface area contributed by atoms with Crippen LogP contribution in [0.2, 0.25) is 5.02 Å². The zero-order valence-electron chi connectivity index (χ0n) is 13.2. The summed E-state index contributed by atoms with van der Waals surface area (Å²) >= 11 is 6.13. The molecular formula is C18H13ClN4O2. The number of fused-ring (bicyclic) bond motifs is 1. The zero-order valence-corrected chi connectivity index (χ0v) is 14.0. The molecule has 0 bridgehead atoms. The zero-order chi connectivity index (χ0) is 17.4. The van der Waals surface area contributed by atoms with Crippen LogP contribution in [0.15, 0.2) is 59.4 Å². The topological polar surface area (TPSA) is 73.0 Å². The second kappa shape index (κ2) is 6.07. The number of carbonyl (C=O) groups is 1. The minimum absolute atomic E-state index is 0.235. The molecule has 0 saturated carbocycles. The largest absolute Gasteiger partial charge is 0.449 e. The molecule has 4 aromatic rings. The lowest BCUT2D eigenvalue weighted by Gasteiger charge is -2.05. The smallest absolute Gasteiger partial charge is 0.291 e. The van der Waals surface area contributed by atoms with Crippen molar-refractivity contribution < 1.29 is 9.21 Å². The Kier molecular flexibility index (Phi) is 3.74. The van der Waals surface area contributed by atoms with E-state index in [1.807, 2.05) is 25.1 Å². The first kappa shape index (κ1) is 15.4. The molecule has 1 amide bonds. The van der Waals surface area contributed by atoms with Gasteiger partial charge in [0.2, 0.25) is 0 Å². The highest BCUT2D eigenvalue weighted by Gasteiger charge is 2.19. The van der Waals surface area contributed by atoms with Crippen LogP contribution in [0.3, 0.4) is 0 Å². The summed E-state index contributed by atoms with van der Waals surface area (Å²) in [5.41, 5.74) is 1.82. The summed E-state index contributed by atoms with van der Waals surface area (Å²) in [6.07, 6.45) is 5.04. The van der Waals surface area contributed by atoms with E-state index < -0.39 is 0 Å². The Morgan fingerprint density at radius 3 is 2.80 bits per heavy atom. The van der Waals surface area contributed by atoms with Crippen molar-refractivity contribution in [2.45, 2.75) is 6.92 Å². The Hall–Kier alpha value is -3.12. The Labute approximate surface area is 148 Å². The average Bonchev–Trinajstić information content (AvgIpc) is 3.25. The highest BCUT2D eigenvalue weighted by atomic mass is 35.5. The fourth-order valence-electron chi connectivity index (χ4n) is 2.61. The van der Waals surface area contributed by atoms with Crippen molar-refractivity contribution in [2.24, 2.45) is 0 Å². The Bertz CT molecular complexity index is 1050. The number of anilines is 1. The molecule has 0 spiro atoms. The molecule has 0 aliphatic heterocycles. The van der Waals surface area contributed by atoms with Gasteiger partial charge in [0.15, 0.2) is 17.2 Å². The minimum atomic E-state index is -0.349. The molecule has 0 unspecified atom stereocenters. The number of furan rings is 1. The summed E-state index contributed by atoms with van der Waals surface area (Å²) in [5, 5.41) is 8.19. The van der Waals surface area contributed by atoms with Gasteiger partial charge in [0.05, 0.1) is 16.9 Å². The third-order valence-electron chi connectivity index (χ3n) is 3.87. The highest BCUT2D eigenvalue weighted by Crippen LogP contribution is 2.31. The van der Waals surface area contributed by atoms with Crippen molar-refractivity contribution in [2.75, 3.05) is 5.32 Å². The summed E-state index contributed by atoms with van der Waals surface area (Å²) in [5.74, 6) is 0.548. The van der Waals surface area contributed by atoms with Crippen LogP contribution < -0.4 is 5.32 Å². The van der Waals surface area contributed by atoms with Gasteiger partial charge in [0.25, 0.3) is 5.91 Å². The first-order chi connectivity index (χ1) is 12.1. The van der Waals surface area contributed by atoms with E-state index in [0.717, 1.165) is 10.9 Å². The van der Waals surface area contributed by atoms with Gasteiger partial charge in [0.1, 0.15) is 0 Å². The maximum atomic E-state index is 12.5. The van der Waals surface area contributed by atoms with Gasteiger partial charge < -0.3 is 9.73 Å². The molecule has 1 aromatic carbocycles. The lowest BCUT2D eigenvalue weighted by atomic mass is 10.1. The summed E-state index contributed by atoms with van der Waals surface area (Å²) in [6.45, 7) is 1.83. The van der Waals surface area contributed by atoms with Crippen molar-refractivity contribution in [3.05, 3.63) is 71.3 Å². The predicted octanol–water partition coefficient (Wildman–Crippen LogP) is 4.23. The van der Waals surface area contributed by atoms with Crippen LogP contribution in [0.25, 0.3) is 16.8 Å². The number of benzene rings is 1. The minimum Gasteiger partial charge on any atom is -0.449 e. The number of pyridine rings is 1. The number of rotatable bonds is 3. The second-order valence-electron chi connectivity index (χ2n) is 5.48. The molecule has 0 fully saturated rings. The van der Waals surface area contributed by atoms with Crippen molar-refractivity contribution in [1.29, 1.82) is 0 Å². The summed E-state index contributed by atoms with van der Waals surface area (Å²) < 4.78 is 7.30. The first-order valence-corrected chi connectivity index (χ1v) is 7.96.